The van der Waals surface area contributed by atoms with E-state index in [2.05, 4.69) is 52.6 Å². The molecule has 3 rings (SSSR count). The Balaban J connectivity index is 1.53. The maximum atomic E-state index is 4.79. The summed E-state index contributed by atoms with van der Waals surface area (Å²) < 4.78 is 0. The molecule has 1 aromatic heterocycles. The average molecular weight is 368 g/mol. The van der Waals surface area contributed by atoms with Crippen LogP contribution in [0.5, 0.6) is 0 Å². The first kappa shape index (κ1) is 19.6. The summed E-state index contributed by atoms with van der Waals surface area (Å²) in [5, 5.41) is 8.03. The number of piperidine rings is 1. The first-order valence-electron chi connectivity index (χ1n) is 10.4. The Hall–Kier alpha value is -2.14. The highest BCUT2D eigenvalue weighted by Gasteiger charge is 2.17. The first-order valence-corrected chi connectivity index (χ1v) is 10.4. The van der Waals surface area contributed by atoms with Gasteiger partial charge in [0.05, 0.1) is 12.1 Å². The number of fused-ring (bicyclic) bond motifs is 1. The van der Waals surface area contributed by atoms with E-state index in [1.807, 2.05) is 18.3 Å². The molecule has 5 nitrogen and oxygen atoms in total. The first-order chi connectivity index (χ1) is 13.3. The van der Waals surface area contributed by atoms with Crippen molar-refractivity contribution >= 4 is 16.9 Å². The third kappa shape index (κ3) is 5.67. The number of likely N-dealkylation sites (tertiary alicyclic amines) is 1. The molecule has 146 valence electrons. The lowest BCUT2D eigenvalue weighted by Crippen LogP contribution is -2.41. The highest BCUT2D eigenvalue weighted by atomic mass is 15.2. The number of para-hydroxylation sites is 1. The minimum Gasteiger partial charge on any atom is -0.357 e. The van der Waals surface area contributed by atoms with Gasteiger partial charge in [0.25, 0.3) is 0 Å². The number of benzene rings is 1. The van der Waals surface area contributed by atoms with Crippen molar-refractivity contribution < 1.29 is 0 Å². The largest absolute Gasteiger partial charge is 0.357 e. The molecule has 0 amide bonds. The number of hydrogen-bond donors (Lipinski definition) is 2. The van der Waals surface area contributed by atoms with Crippen LogP contribution in [-0.2, 0) is 6.54 Å². The van der Waals surface area contributed by atoms with Crippen molar-refractivity contribution in [1.82, 2.24) is 20.5 Å². The molecule has 2 heterocycles. The van der Waals surface area contributed by atoms with Crippen LogP contribution in [0.1, 0.15) is 45.1 Å². The number of aromatic nitrogens is 1. The second kappa shape index (κ2) is 10.3. The Bertz CT molecular complexity index is 737. The molecule has 2 N–H and O–H groups in total. The van der Waals surface area contributed by atoms with Crippen LogP contribution >= 0.6 is 0 Å². The molecule has 5 heteroatoms. The molecule has 0 spiro atoms. The van der Waals surface area contributed by atoms with Gasteiger partial charge in [-0.05, 0) is 57.4 Å². The second-order valence-corrected chi connectivity index (χ2v) is 7.34. The Morgan fingerprint density at radius 1 is 1.22 bits per heavy atom. The number of pyridine rings is 1. The SMILES string of the molecule is CCNC(=NCc1ccnc2ccccc12)NCCCN1CCCCC1C. The lowest BCUT2D eigenvalue weighted by Gasteiger charge is -2.33. The minimum atomic E-state index is 0.654. The maximum Gasteiger partial charge on any atom is 0.191 e. The highest BCUT2D eigenvalue weighted by molar-refractivity contribution is 5.83. The van der Waals surface area contributed by atoms with Crippen LogP contribution < -0.4 is 10.6 Å². The molecule has 0 bridgehead atoms. The summed E-state index contributed by atoms with van der Waals surface area (Å²) in [6.45, 7) is 9.36. The second-order valence-electron chi connectivity index (χ2n) is 7.34. The van der Waals surface area contributed by atoms with E-state index in [-0.39, 0.29) is 0 Å². The Morgan fingerprint density at radius 2 is 2.11 bits per heavy atom. The normalized spacial score (nSPS) is 18.6. The van der Waals surface area contributed by atoms with E-state index in [1.54, 1.807) is 0 Å². The predicted molar refractivity (Wildman–Crippen MR) is 114 cm³/mol. The zero-order chi connectivity index (χ0) is 18.9. The van der Waals surface area contributed by atoms with Gasteiger partial charge in [0.1, 0.15) is 0 Å². The standard InChI is InChI=1S/C22H33N5/c1-3-23-22(25-13-8-16-27-15-7-6-9-18(27)2)26-17-19-12-14-24-21-11-5-4-10-20(19)21/h4-5,10-12,14,18H,3,6-9,13,15-17H2,1-2H3,(H2,23,25,26). The molecule has 1 atom stereocenters. The van der Waals surface area contributed by atoms with Crippen LogP contribution in [0.2, 0.25) is 0 Å². The van der Waals surface area contributed by atoms with Gasteiger partial charge in [0.15, 0.2) is 5.96 Å². The van der Waals surface area contributed by atoms with Crippen molar-refractivity contribution in [2.45, 2.75) is 52.1 Å². The summed E-state index contributed by atoms with van der Waals surface area (Å²) in [4.78, 5) is 11.8. The lowest BCUT2D eigenvalue weighted by atomic mass is 10.0. The van der Waals surface area contributed by atoms with Gasteiger partial charge >= 0.3 is 0 Å². The van der Waals surface area contributed by atoms with Crippen LogP contribution in [0, 0.1) is 0 Å². The van der Waals surface area contributed by atoms with Crippen molar-refractivity contribution in [3.05, 3.63) is 42.1 Å². The molecule has 1 aliphatic heterocycles. The van der Waals surface area contributed by atoms with E-state index in [9.17, 15) is 0 Å². The van der Waals surface area contributed by atoms with Crippen LogP contribution in [-0.4, -0.2) is 48.1 Å². The molecule has 27 heavy (non-hydrogen) atoms. The van der Waals surface area contributed by atoms with Crippen LogP contribution in [0.4, 0.5) is 0 Å². The summed E-state index contributed by atoms with van der Waals surface area (Å²) >= 11 is 0. The van der Waals surface area contributed by atoms with Gasteiger partial charge in [-0.25, -0.2) is 4.99 Å². The van der Waals surface area contributed by atoms with Gasteiger partial charge in [-0.1, -0.05) is 24.6 Å². The maximum absolute atomic E-state index is 4.79. The molecule has 0 aliphatic carbocycles. The smallest absolute Gasteiger partial charge is 0.191 e. The number of hydrogen-bond acceptors (Lipinski definition) is 3. The Kier molecular flexibility index (Phi) is 7.45. The molecule has 1 aliphatic rings. The van der Waals surface area contributed by atoms with Gasteiger partial charge in [-0.3, -0.25) is 4.98 Å². The zero-order valence-electron chi connectivity index (χ0n) is 16.7. The van der Waals surface area contributed by atoms with Gasteiger partial charge in [-0.15, -0.1) is 0 Å². The number of aliphatic imine (C=N–C) groups is 1. The number of nitrogens with zero attached hydrogens (tertiary/aromatic N) is 3. The lowest BCUT2D eigenvalue weighted by molar-refractivity contribution is 0.159. The highest BCUT2D eigenvalue weighted by Crippen LogP contribution is 2.17. The fourth-order valence-corrected chi connectivity index (χ4v) is 3.78. The number of nitrogens with one attached hydrogen (secondary N) is 2. The third-order valence-corrected chi connectivity index (χ3v) is 5.35. The molecule has 0 saturated carbocycles. The van der Waals surface area contributed by atoms with E-state index in [0.29, 0.717) is 6.54 Å². The summed E-state index contributed by atoms with van der Waals surface area (Å²) in [6, 6.07) is 11.0. The predicted octanol–water partition coefficient (Wildman–Crippen LogP) is 3.55. The molecule has 2 aromatic rings. The van der Waals surface area contributed by atoms with Crippen molar-refractivity contribution in [2.75, 3.05) is 26.2 Å². The molecule has 1 aromatic carbocycles. The quantitative estimate of drug-likeness (QED) is 0.446. The topological polar surface area (TPSA) is 52.6 Å². The van der Waals surface area contributed by atoms with Crippen LogP contribution in [0.15, 0.2) is 41.5 Å². The number of rotatable bonds is 7. The van der Waals surface area contributed by atoms with Crippen molar-refractivity contribution in [1.29, 1.82) is 0 Å². The van der Waals surface area contributed by atoms with E-state index in [0.717, 1.165) is 37.0 Å². The molecule has 1 fully saturated rings. The fraction of sp³-hybridized carbons (Fsp3) is 0.545. The van der Waals surface area contributed by atoms with Crippen molar-refractivity contribution in [3.63, 3.8) is 0 Å². The summed E-state index contributed by atoms with van der Waals surface area (Å²) in [6.07, 6.45) is 7.09. The van der Waals surface area contributed by atoms with Gasteiger partial charge < -0.3 is 15.5 Å². The fourth-order valence-electron chi connectivity index (χ4n) is 3.78. The summed E-state index contributed by atoms with van der Waals surface area (Å²) in [5.41, 5.74) is 2.23. The van der Waals surface area contributed by atoms with E-state index < -0.39 is 0 Å². The third-order valence-electron chi connectivity index (χ3n) is 5.35. The van der Waals surface area contributed by atoms with Gasteiger partial charge in [-0.2, -0.15) is 0 Å². The van der Waals surface area contributed by atoms with Gasteiger partial charge in [0, 0.05) is 37.3 Å². The van der Waals surface area contributed by atoms with E-state index in [4.69, 9.17) is 4.99 Å². The van der Waals surface area contributed by atoms with Gasteiger partial charge in [0.2, 0.25) is 0 Å². The molecular weight excluding hydrogens is 334 g/mol. The van der Waals surface area contributed by atoms with Crippen LogP contribution in [0.3, 0.4) is 0 Å². The monoisotopic (exact) mass is 367 g/mol. The number of guanidine groups is 1. The molecular formula is C22H33N5. The van der Waals surface area contributed by atoms with E-state index in [1.165, 1.54) is 43.3 Å². The molecule has 1 saturated heterocycles. The minimum absolute atomic E-state index is 0.654. The van der Waals surface area contributed by atoms with Crippen LogP contribution in [0.25, 0.3) is 10.9 Å². The van der Waals surface area contributed by atoms with E-state index >= 15 is 0 Å². The molecule has 1 unspecified atom stereocenters. The van der Waals surface area contributed by atoms with Crippen molar-refractivity contribution in [2.24, 2.45) is 4.99 Å². The Morgan fingerprint density at radius 3 is 2.96 bits per heavy atom. The molecule has 0 radical (unpaired) electrons. The average Bonchev–Trinajstić information content (AvgIpc) is 2.70. The summed E-state index contributed by atoms with van der Waals surface area (Å²) in [7, 11) is 0. The Labute approximate surface area is 163 Å². The van der Waals surface area contributed by atoms with Crippen molar-refractivity contribution in [3.8, 4) is 0 Å². The summed E-state index contributed by atoms with van der Waals surface area (Å²) in [5.74, 6) is 0.894. The zero-order valence-corrected chi connectivity index (χ0v) is 16.7.